The van der Waals surface area contributed by atoms with E-state index in [1.807, 2.05) is 36.4 Å². The van der Waals surface area contributed by atoms with Gasteiger partial charge in [0.15, 0.2) is 0 Å². The van der Waals surface area contributed by atoms with Gasteiger partial charge in [-0.3, -0.25) is 4.79 Å². The zero-order chi connectivity index (χ0) is 24.2. The Labute approximate surface area is 198 Å². The van der Waals surface area contributed by atoms with Gasteiger partial charge in [0, 0.05) is 13.0 Å². The van der Waals surface area contributed by atoms with Gasteiger partial charge in [-0.15, -0.1) is 0 Å². The molecule has 3 atom stereocenters. The van der Waals surface area contributed by atoms with E-state index < -0.39 is 36.2 Å². The summed E-state index contributed by atoms with van der Waals surface area (Å²) in [5, 5.41) is 14.6. The van der Waals surface area contributed by atoms with Crippen molar-refractivity contribution in [2.75, 3.05) is 13.7 Å². The third-order valence-corrected chi connectivity index (χ3v) is 6.62. The van der Waals surface area contributed by atoms with Gasteiger partial charge in [-0.05, 0) is 41.5 Å². The number of nitrogens with one attached hydrogen (secondary N) is 2. The van der Waals surface area contributed by atoms with Crippen LogP contribution in [0, 0.1) is 5.92 Å². The minimum atomic E-state index is -1.10. The summed E-state index contributed by atoms with van der Waals surface area (Å²) in [5.74, 6) is -1.50. The van der Waals surface area contributed by atoms with Crippen LogP contribution in [0.2, 0.25) is 0 Å². The molecule has 0 aliphatic heterocycles. The highest BCUT2D eigenvalue weighted by atomic mass is 16.5. The summed E-state index contributed by atoms with van der Waals surface area (Å²) in [6.07, 6.45) is 0.862. The van der Waals surface area contributed by atoms with E-state index in [-0.39, 0.29) is 12.5 Å². The first-order chi connectivity index (χ1) is 16.4. The molecule has 0 saturated heterocycles. The molecule has 0 heterocycles. The summed E-state index contributed by atoms with van der Waals surface area (Å²) in [6.45, 7) is 1.74. The molecule has 180 valence electrons. The van der Waals surface area contributed by atoms with Crippen molar-refractivity contribution in [3.63, 3.8) is 0 Å². The third-order valence-electron chi connectivity index (χ3n) is 6.62. The lowest BCUT2D eigenvalue weighted by Gasteiger charge is -2.25. The predicted molar refractivity (Wildman–Crippen MR) is 125 cm³/mol. The first-order valence-electron chi connectivity index (χ1n) is 11.6. The Balaban J connectivity index is 1.40. The van der Waals surface area contributed by atoms with Crippen molar-refractivity contribution in [3.8, 4) is 11.1 Å². The molecular weight excluding hydrogens is 436 g/mol. The molecule has 2 amide bonds. The molecule has 8 heteroatoms. The Morgan fingerprint density at radius 1 is 1.00 bits per heavy atom. The van der Waals surface area contributed by atoms with Crippen LogP contribution in [0.1, 0.15) is 43.2 Å². The molecule has 2 aliphatic carbocycles. The first-order valence-corrected chi connectivity index (χ1v) is 11.6. The fraction of sp³-hybridized carbons (Fsp3) is 0.423. The van der Waals surface area contributed by atoms with Crippen molar-refractivity contribution in [3.05, 3.63) is 59.7 Å². The largest absolute Gasteiger partial charge is 0.480 e. The minimum Gasteiger partial charge on any atom is -0.480 e. The number of hydrogen-bond acceptors (Lipinski definition) is 5. The van der Waals surface area contributed by atoms with E-state index in [1.165, 1.54) is 7.11 Å². The second-order valence-electron chi connectivity index (χ2n) is 8.97. The topological polar surface area (TPSA) is 114 Å². The summed E-state index contributed by atoms with van der Waals surface area (Å²) in [7, 11) is 1.42. The van der Waals surface area contributed by atoms with Crippen LogP contribution in [0.5, 0.6) is 0 Å². The lowest BCUT2D eigenvalue weighted by Crippen LogP contribution is -2.56. The second-order valence-corrected chi connectivity index (χ2v) is 8.97. The molecular formula is C26H30N2O6. The molecule has 8 nitrogen and oxygen atoms in total. The van der Waals surface area contributed by atoms with Crippen molar-refractivity contribution in [2.24, 2.45) is 5.92 Å². The molecule has 1 fully saturated rings. The van der Waals surface area contributed by atoms with Crippen LogP contribution >= 0.6 is 0 Å². The summed E-state index contributed by atoms with van der Waals surface area (Å²) in [5.41, 5.74) is 4.40. The predicted octanol–water partition coefficient (Wildman–Crippen LogP) is 3.30. The molecule has 0 bridgehead atoms. The van der Waals surface area contributed by atoms with Gasteiger partial charge in [0.25, 0.3) is 0 Å². The number of carboxylic acid groups (broad SMARTS) is 1. The van der Waals surface area contributed by atoms with Gasteiger partial charge in [0.1, 0.15) is 18.7 Å². The normalized spacial score (nSPS) is 17.1. The van der Waals surface area contributed by atoms with Crippen LogP contribution in [0.25, 0.3) is 11.1 Å². The van der Waals surface area contributed by atoms with Crippen LogP contribution in [0.15, 0.2) is 48.5 Å². The number of fused-ring (bicyclic) bond motifs is 3. The lowest BCUT2D eigenvalue weighted by atomic mass is 9.98. The van der Waals surface area contributed by atoms with Gasteiger partial charge in [-0.25, -0.2) is 9.59 Å². The molecule has 2 aliphatic rings. The Morgan fingerprint density at radius 2 is 1.59 bits per heavy atom. The van der Waals surface area contributed by atoms with Crippen molar-refractivity contribution in [2.45, 2.75) is 50.3 Å². The van der Waals surface area contributed by atoms with Crippen LogP contribution in [-0.4, -0.2) is 55.0 Å². The van der Waals surface area contributed by atoms with Crippen molar-refractivity contribution in [1.82, 2.24) is 10.6 Å². The van der Waals surface area contributed by atoms with Crippen molar-refractivity contribution >= 4 is 18.0 Å². The van der Waals surface area contributed by atoms with Crippen LogP contribution in [0.3, 0.4) is 0 Å². The second kappa shape index (κ2) is 10.3. The van der Waals surface area contributed by atoms with Gasteiger partial charge in [-0.1, -0.05) is 61.4 Å². The fourth-order valence-corrected chi connectivity index (χ4v) is 4.47. The molecule has 4 rings (SSSR count). The maximum atomic E-state index is 12.9. The molecule has 3 N–H and O–H groups in total. The molecule has 2 aromatic rings. The highest BCUT2D eigenvalue weighted by molar-refractivity contribution is 5.89. The van der Waals surface area contributed by atoms with Gasteiger partial charge >= 0.3 is 12.1 Å². The number of carbonyl (C=O) groups excluding carboxylic acids is 2. The number of rotatable bonds is 10. The molecule has 34 heavy (non-hydrogen) atoms. The zero-order valence-electron chi connectivity index (χ0n) is 19.3. The molecule has 3 unspecified atom stereocenters. The van der Waals surface area contributed by atoms with Crippen molar-refractivity contribution in [1.29, 1.82) is 0 Å². The number of alkyl carbamates (subject to hydrolysis) is 1. The molecule has 1 saturated carbocycles. The SMILES string of the molecule is COC(C)C(NC(=O)OCC1c2ccccc2-c2ccccc21)C(=O)NC(CC1CC1)C(=O)O. The Bertz CT molecular complexity index is 1020. The molecule has 2 aromatic carbocycles. The van der Waals surface area contributed by atoms with Gasteiger partial charge < -0.3 is 25.2 Å². The Kier molecular flexibility index (Phi) is 7.17. The highest BCUT2D eigenvalue weighted by Crippen LogP contribution is 2.44. The van der Waals surface area contributed by atoms with E-state index in [4.69, 9.17) is 9.47 Å². The van der Waals surface area contributed by atoms with Gasteiger partial charge in [0.05, 0.1) is 6.10 Å². The third kappa shape index (κ3) is 5.22. The van der Waals surface area contributed by atoms with E-state index in [2.05, 4.69) is 22.8 Å². The highest BCUT2D eigenvalue weighted by Gasteiger charge is 2.35. The van der Waals surface area contributed by atoms with Gasteiger partial charge in [-0.2, -0.15) is 0 Å². The van der Waals surface area contributed by atoms with E-state index in [9.17, 15) is 19.5 Å². The summed E-state index contributed by atoms with van der Waals surface area (Å²) in [6, 6.07) is 13.9. The average molecular weight is 467 g/mol. The summed E-state index contributed by atoms with van der Waals surface area (Å²) < 4.78 is 10.8. The van der Waals surface area contributed by atoms with Crippen LogP contribution in [-0.2, 0) is 19.1 Å². The van der Waals surface area contributed by atoms with Crippen molar-refractivity contribution < 1.29 is 29.0 Å². The fourth-order valence-electron chi connectivity index (χ4n) is 4.47. The lowest BCUT2D eigenvalue weighted by molar-refractivity contribution is -0.143. The number of carboxylic acids is 1. The molecule has 0 spiro atoms. The summed E-state index contributed by atoms with van der Waals surface area (Å²) in [4.78, 5) is 37.1. The number of benzene rings is 2. The molecule has 0 aromatic heterocycles. The average Bonchev–Trinajstić information content (AvgIpc) is 3.60. The van der Waals surface area contributed by atoms with E-state index >= 15 is 0 Å². The number of carbonyl (C=O) groups is 3. The van der Waals surface area contributed by atoms with E-state index in [1.54, 1.807) is 6.92 Å². The quantitative estimate of drug-likeness (QED) is 0.495. The molecule has 0 radical (unpaired) electrons. The zero-order valence-corrected chi connectivity index (χ0v) is 19.3. The number of ether oxygens (including phenoxy) is 2. The van der Waals surface area contributed by atoms with Crippen LogP contribution < -0.4 is 10.6 Å². The minimum absolute atomic E-state index is 0.106. The maximum absolute atomic E-state index is 12.9. The number of amides is 2. The van der Waals surface area contributed by atoms with E-state index in [0.717, 1.165) is 35.1 Å². The standard InChI is InChI=1S/C26H30N2O6/c1-15(33-2)23(24(29)27-22(25(30)31)13-16-11-12-16)28-26(32)34-14-21-19-9-5-3-7-17(19)18-8-4-6-10-20(18)21/h3-10,15-16,21-23H,11-14H2,1-2H3,(H,27,29)(H,28,32)(H,30,31). The van der Waals surface area contributed by atoms with E-state index in [0.29, 0.717) is 12.3 Å². The van der Waals surface area contributed by atoms with Crippen LogP contribution in [0.4, 0.5) is 4.79 Å². The number of methoxy groups -OCH3 is 1. The summed E-state index contributed by atoms with van der Waals surface area (Å²) >= 11 is 0. The maximum Gasteiger partial charge on any atom is 0.407 e. The first kappa shape index (κ1) is 23.8. The smallest absolute Gasteiger partial charge is 0.407 e. The number of hydrogen-bond donors (Lipinski definition) is 3. The Hall–Kier alpha value is -3.39. The number of aliphatic carboxylic acids is 1. The van der Waals surface area contributed by atoms with Gasteiger partial charge in [0.2, 0.25) is 5.91 Å². The monoisotopic (exact) mass is 466 g/mol. The Morgan fingerprint density at radius 3 is 2.12 bits per heavy atom.